The maximum Gasteiger partial charge on any atom is 0.227 e. The van der Waals surface area contributed by atoms with Crippen LogP contribution < -0.4 is 5.73 Å². The Morgan fingerprint density at radius 1 is 1.50 bits per heavy atom. The zero-order valence-electron chi connectivity index (χ0n) is 10.4. The summed E-state index contributed by atoms with van der Waals surface area (Å²) in [5.41, 5.74) is 5.66. The molecule has 1 rings (SSSR count). The summed E-state index contributed by atoms with van der Waals surface area (Å²) in [5.74, 6) is 0.280. The van der Waals surface area contributed by atoms with Crippen LogP contribution in [0.1, 0.15) is 33.1 Å². The molecule has 0 bridgehead atoms. The Labute approximate surface area is 97.8 Å². The van der Waals surface area contributed by atoms with Gasteiger partial charge >= 0.3 is 0 Å². The first kappa shape index (κ1) is 13.5. The maximum absolute atomic E-state index is 12.3. The fourth-order valence-electron chi connectivity index (χ4n) is 2.15. The van der Waals surface area contributed by atoms with Crippen molar-refractivity contribution in [3.05, 3.63) is 0 Å². The lowest BCUT2D eigenvalue weighted by Gasteiger charge is -2.39. The van der Waals surface area contributed by atoms with E-state index in [0.29, 0.717) is 19.1 Å². The zero-order valence-corrected chi connectivity index (χ0v) is 10.4. The van der Waals surface area contributed by atoms with Crippen molar-refractivity contribution < 1.29 is 9.90 Å². The van der Waals surface area contributed by atoms with Crippen molar-refractivity contribution in [3.63, 3.8) is 0 Å². The largest absolute Gasteiger partial charge is 0.395 e. The molecule has 1 aliphatic carbocycles. The molecule has 0 aromatic carbocycles. The van der Waals surface area contributed by atoms with E-state index < -0.39 is 0 Å². The highest BCUT2D eigenvalue weighted by atomic mass is 16.3. The van der Waals surface area contributed by atoms with Gasteiger partial charge in [-0.15, -0.1) is 0 Å². The molecule has 94 valence electrons. The standard InChI is InChI=1S/C12H24N2O2/c1-9(2)11(8-13)12(16)14(6-7-15)10-4-3-5-10/h9-11,15H,3-8,13H2,1-2H3. The number of rotatable bonds is 6. The lowest BCUT2D eigenvalue weighted by Crippen LogP contribution is -2.50. The van der Waals surface area contributed by atoms with Crippen molar-refractivity contribution in [2.45, 2.75) is 39.2 Å². The first-order valence-electron chi connectivity index (χ1n) is 6.23. The Balaban J connectivity index is 2.64. The second-order valence-corrected chi connectivity index (χ2v) is 4.93. The lowest BCUT2D eigenvalue weighted by molar-refractivity contribution is -0.141. The Bertz CT molecular complexity index is 227. The van der Waals surface area contributed by atoms with E-state index in [9.17, 15) is 4.79 Å². The molecule has 16 heavy (non-hydrogen) atoms. The van der Waals surface area contributed by atoms with Gasteiger partial charge in [0.05, 0.1) is 12.5 Å². The van der Waals surface area contributed by atoms with Gasteiger partial charge < -0.3 is 15.7 Å². The first-order chi connectivity index (χ1) is 7.61. The molecule has 1 atom stereocenters. The van der Waals surface area contributed by atoms with Crippen LogP contribution >= 0.6 is 0 Å². The van der Waals surface area contributed by atoms with Crippen molar-refractivity contribution in [1.82, 2.24) is 4.90 Å². The number of aliphatic hydroxyl groups is 1. The molecule has 0 spiro atoms. The van der Waals surface area contributed by atoms with Gasteiger partial charge in [0, 0.05) is 19.1 Å². The molecule has 4 nitrogen and oxygen atoms in total. The normalized spacial score (nSPS) is 18.3. The predicted molar refractivity (Wildman–Crippen MR) is 63.8 cm³/mol. The number of nitrogens with zero attached hydrogens (tertiary/aromatic N) is 1. The highest BCUT2D eigenvalue weighted by Gasteiger charge is 2.32. The fourth-order valence-corrected chi connectivity index (χ4v) is 2.15. The van der Waals surface area contributed by atoms with E-state index in [-0.39, 0.29) is 24.3 Å². The molecule has 1 amide bonds. The molecule has 3 N–H and O–H groups in total. The maximum atomic E-state index is 12.3. The van der Waals surface area contributed by atoms with Gasteiger partial charge in [-0.3, -0.25) is 4.79 Å². The third-order valence-electron chi connectivity index (χ3n) is 3.52. The average Bonchev–Trinajstić information content (AvgIpc) is 2.14. The van der Waals surface area contributed by atoms with E-state index in [1.54, 1.807) is 0 Å². The minimum absolute atomic E-state index is 0.0393. The summed E-state index contributed by atoms with van der Waals surface area (Å²) in [6.45, 7) is 4.93. The van der Waals surface area contributed by atoms with Crippen molar-refractivity contribution in [2.75, 3.05) is 19.7 Å². The Hall–Kier alpha value is -0.610. The number of hydrogen-bond donors (Lipinski definition) is 2. The minimum atomic E-state index is -0.104. The second-order valence-electron chi connectivity index (χ2n) is 4.93. The summed E-state index contributed by atoms with van der Waals surface area (Å²) in [6.07, 6.45) is 3.33. The highest BCUT2D eigenvalue weighted by Crippen LogP contribution is 2.27. The van der Waals surface area contributed by atoms with E-state index in [1.165, 1.54) is 6.42 Å². The Kier molecular flexibility index (Phi) is 5.22. The predicted octanol–water partition coefficient (Wildman–Crippen LogP) is 0.591. The van der Waals surface area contributed by atoms with Crippen molar-refractivity contribution in [3.8, 4) is 0 Å². The van der Waals surface area contributed by atoms with Gasteiger partial charge in [-0.25, -0.2) is 0 Å². The number of aliphatic hydroxyl groups excluding tert-OH is 1. The lowest BCUT2D eigenvalue weighted by atomic mass is 9.88. The van der Waals surface area contributed by atoms with Crippen LogP contribution in [0.2, 0.25) is 0 Å². The van der Waals surface area contributed by atoms with E-state index in [2.05, 4.69) is 0 Å². The summed E-state index contributed by atoms with van der Waals surface area (Å²) >= 11 is 0. The quantitative estimate of drug-likeness (QED) is 0.699. The molecule has 0 saturated heterocycles. The molecule has 0 aromatic rings. The van der Waals surface area contributed by atoms with Gasteiger partial charge in [-0.2, -0.15) is 0 Å². The van der Waals surface area contributed by atoms with E-state index >= 15 is 0 Å². The Morgan fingerprint density at radius 3 is 2.44 bits per heavy atom. The van der Waals surface area contributed by atoms with Crippen molar-refractivity contribution in [2.24, 2.45) is 17.6 Å². The van der Waals surface area contributed by atoms with Crippen LogP contribution in [0.15, 0.2) is 0 Å². The van der Waals surface area contributed by atoms with E-state index in [4.69, 9.17) is 10.8 Å². The highest BCUT2D eigenvalue weighted by molar-refractivity contribution is 5.79. The van der Waals surface area contributed by atoms with Gasteiger partial charge in [0.1, 0.15) is 0 Å². The van der Waals surface area contributed by atoms with Crippen LogP contribution in [0.4, 0.5) is 0 Å². The van der Waals surface area contributed by atoms with Crippen LogP contribution in [-0.4, -0.2) is 41.7 Å². The molecule has 0 aromatic heterocycles. The number of carbonyl (C=O) groups excluding carboxylic acids is 1. The molecule has 1 unspecified atom stereocenters. The SMILES string of the molecule is CC(C)C(CN)C(=O)N(CCO)C1CCC1. The molecule has 1 saturated carbocycles. The third-order valence-corrected chi connectivity index (χ3v) is 3.52. The average molecular weight is 228 g/mol. The summed E-state index contributed by atoms with van der Waals surface area (Å²) in [6, 6.07) is 0.340. The fraction of sp³-hybridized carbons (Fsp3) is 0.917. The smallest absolute Gasteiger partial charge is 0.227 e. The van der Waals surface area contributed by atoms with Crippen LogP contribution in [0.3, 0.4) is 0 Å². The van der Waals surface area contributed by atoms with Crippen molar-refractivity contribution in [1.29, 1.82) is 0 Å². The summed E-state index contributed by atoms with van der Waals surface area (Å²) in [7, 11) is 0. The van der Waals surface area contributed by atoms with E-state index in [0.717, 1.165) is 12.8 Å². The summed E-state index contributed by atoms with van der Waals surface area (Å²) < 4.78 is 0. The van der Waals surface area contributed by atoms with Crippen LogP contribution in [0.25, 0.3) is 0 Å². The molecule has 0 radical (unpaired) electrons. The monoisotopic (exact) mass is 228 g/mol. The Morgan fingerprint density at radius 2 is 2.12 bits per heavy atom. The van der Waals surface area contributed by atoms with Crippen LogP contribution in [0, 0.1) is 11.8 Å². The second kappa shape index (κ2) is 6.21. The number of carbonyl (C=O) groups is 1. The van der Waals surface area contributed by atoms with Crippen molar-refractivity contribution >= 4 is 5.91 Å². The van der Waals surface area contributed by atoms with Gasteiger partial charge in [0.15, 0.2) is 0 Å². The van der Waals surface area contributed by atoms with Gasteiger partial charge in [-0.1, -0.05) is 13.8 Å². The summed E-state index contributed by atoms with van der Waals surface area (Å²) in [5, 5.41) is 9.02. The third kappa shape index (κ3) is 2.95. The van der Waals surface area contributed by atoms with Crippen LogP contribution in [0.5, 0.6) is 0 Å². The first-order valence-corrected chi connectivity index (χ1v) is 6.23. The molecule has 1 aliphatic rings. The molecular weight excluding hydrogens is 204 g/mol. The molecule has 0 aliphatic heterocycles. The van der Waals surface area contributed by atoms with Crippen LogP contribution in [-0.2, 0) is 4.79 Å². The molecule has 1 fully saturated rings. The number of hydrogen-bond acceptors (Lipinski definition) is 3. The molecular formula is C12H24N2O2. The summed E-state index contributed by atoms with van der Waals surface area (Å²) in [4.78, 5) is 14.1. The van der Waals surface area contributed by atoms with Gasteiger partial charge in [-0.05, 0) is 25.2 Å². The molecule has 4 heteroatoms. The number of amides is 1. The van der Waals surface area contributed by atoms with E-state index in [1.807, 2.05) is 18.7 Å². The number of nitrogens with two attached hydrogens (primary N) is 1. The molecule has 0 heterocycles. The van der Waals surface area contributed by atoms with Gasteiger partial charge in [0.25, 0.3) is 0 Å². The topological polar surface area (TPSA) is 66.6 Å². The zero-order chi connectivity index (χ0) is 12.1. The van der Waals surface area contributed by atoms with Gasteiger partial charge in [0.2, 0.25) is 5.91 Å². The minimum Gasteiger partial charge on any atom is -0.395 e.